The maximum atomic E-state index is 11.2. The molecule has 1 aliphatic rings. The summed E-state index contributed by atoms with van der Waals surface area (Å²) in [6.45, 7) is 1.75. The molecule has 164 valence electrons. The van der Waals surface area contributed by atoms with Crippen molar-refractivity contribution in [1.29, 1.82) is 0 Å². The summed E-state index contributed by atoms with van der Waals surface area (Å²) in [4.78, 5) is 26.2. The normalized spacial score (nSPS) is 13.3. The molecule has 4 rings (SSSR count). The lowest BCUT2D eigenvalue weighted by Gasteiger charge is -2.16. The van der Waals surface area contributed by atoms with Gasteiger partial charge in [-0.3, -0.25) is 10.1 Å². The van der Waals surface area contributed by atoms with Gasteiger partial charge in [-0.2, -0.15) is 20.1 Å². The number of para-hydroxylation sites is 2. The molecule has 2 aromatic carbocycles. The number of hydrogen-bond donors (Lipinski definition) is 2. The van der Waals surface area contributed by atoms with Gasteiger partial charge >= 0.3 is 5.69 Å². The number of anilines is 4. The first kappa shape index (κ1) is 21.0. The molecule has 1 aromatic heterocycles. The van der Waals surface area contributed by atoms with Crippen LogP contribution in [0.15, 0.2) is 53.6 Å². The summed E-state index contributed by atoms with van der Waals surface area (Å²) < 4.78 is 5.19. The van der Waals surface area contributed by atoms with Gasteiger partial charge in [-0.05, 0) is 31.0 Å². The van der Waals surface area contributed by atoms with Gasteiger partial charge in [-0.15, -0.1) is 0 Å². The highest BCUT2D eigenvalue weighted by molar-refractivity contribution is 5.86. The smallest absolute Gasteiger partial charge is 0.311 e. The van der Waals surface area contributed by atoms with Crippen LogP contribution in [0.25, 0.3) is 0 Å². The van der Waals surface area contributed by atoms with Crippen molar-refractivity contribution in [3.8, 4) is 5.75 Å². The van der Waals surface area contributed by atoms with Crippen LogP contribution in [-0.2, 0) is 0 Å². The zero-order valence-electron chi connectivity index (χ0n) is 17.4. The van der Waals surface area contributed by atoms with Crippen molar-refractivity contribution in [3.05, 3.63) is 64.2 Å². The fourth-order valence-electron chi connectivity index (χ4n) is 3.35. The van der Waals surface area contributed by atoms with Gasteiger partial charge < -0.3 is 15.0 Å². The Morgan fingerprint density at radius 3 is 2.53 bits per heavy atom. The van der Waals surface area contributed by atoms with Crippen LogP contribution in [-0.4, -0.2) is 46.3 Å². The van der Waals surface area contributed by atoms with E-state index in [4.69, 9.17) is 4.74 Å². The molecule has 0 bridgehead atoms. The van der Waals surface area contributed by atoms with Gasteiger partial charge in [0.2, 0.25) is 23.6 Å². The maximum absolute atomic E-state index is 11.2. The molecule has 11 heteroatoms. The number of nitro groups is 1. The number of hydrogen-bond acceptors (Lipinski definition) is 10. The Bertz CT molecular complexity index is 1120. The molecule has 32 heavy (non-hydrogen) atoms. The molecule has 2 heterocycles. The lowest BCUT2D eigenvalue weighted by molar-refractivity contribution is -0.385. The molecular formula is C21H22N8O3. The third kappa shape index (κ3) is 4.89. The second kappa shape index (κ2) is 9.69. The predicted molar refractivity (Wildman–Crippen MR) is 122 cm³/mol. The number of ether oxygens (including phenoxy) is 1. The van der Waals surface area contributed by atoms with E-state index in [0.29, 0.717) is 17.5 Å². The molecule has 0 radical (unpaired) electrons. The van der Waals surface area contributed by atoms with E-state index in [0.717, 1.165) is 31.6 Å². The number of nitrogens with one attached hydrogen (secondary N) is 2. The average Bonchev–Trinajstić information content (AvgIpc) is 3.34. The molecule has 0 atom stereocenters. The molecule has 11 nitrogen and oxygen atoms in total. The van der Waals surface area contributed by atoms with E-state index in [-0.39, 0.29) is 17.4 Å². The van der Waals surface area contributed by atoms with Crippen LogP contribution in [0.3, 0.4) is 0 Å². The van der Waals surface area contributed by atoms with Crippen molar-refractivity contribution < 1.29 is 9.66 Å². The van der Waals surface area contributed by atoms with Gasteiger partial charge in [0.15, 0.2) is 0 Å². The molecule has 0 amide bonds. The number of methoxy groups -OCH3 is 1. The lowest BCUT2D eigenvalue weighted by Crippen LogP contribution is -2.21. The summed E-state index contributed by atoms with van der Waals surface area (Å²) in [6, 6.07) is 14.2. The van der Waals surface area contributed by atoms with Crippen LogP contribution < -0.4 is 20.4 Å². The molecule has 0 saturated carbocycles. The fourth-order valence-corrected chi connectivity index (χ4v) is 3.35. The topological polar surface area (TPSA) is 131 Å². The summed E-state index contributed by atoms with van der Waals surface area (Å²) in [5.41, 5.74) is 3.96. The van der Waals surface area contributed by atoms with E-state index in [2.05, 4.69) is 35.7 Å². The minimum atomic E-state index is -0.501. The van der Waals surface area contributed by atoms with Gasteiger partial charge in [0, 0.05) is 30.4 Å². The van der Waals surface area contributed by atoms with E-state index in [9.17, 15) is 10.1 Å². The molecule has 1 saturated heterocycles. The Kier molecular flexibility index (Phi) is 6.35. The zero-order valence-corrected chi connectivity index (χ0v) is 17.4. The number of nitro benzene ring substituents is 1. The van der Waals surface area contributed by atoms with Crippen molar-refractivity contribution in [2.45, 2.75) is 12.8 Å². The van der Waals surface area contributed by atoms with Crippen LogP contribution in [0.1, 0.15) is 18.4 Å². The standard InChI is InChI=1S/C21H22N8O3/c1-32-18-15(8-7-11-17(18)29(30)31)14-22-27-20-24-19(23-16-9-3-2-4-10-16)25-21(26-20)28-12-5-6-13-28/h2-4,7-11,14H,5-6,12-13H2,1H3,(H2,23,24,25,26,27). The Morgan fingerprint density at radius 1 is 1.06 bits per heavy atom. The summed E-state index contributed by atoms with van der Waals surface area (Å²) in [5.74, 6) is 1.32. The number of benzene rings is 2. The molecule has 3 aromatic rings. The van der Waals surface area contributed by atoms with E-state index in [1.54, 1.807) is 12.1 Å². The van der Waals surface area contributed by atoms with Crippen molar-refractivity contribution in [1.82, 2.24) is 15.0 Å². The first-order valence-electron chi connectivity index (χ1n) is 10.1. The Balaban J connectivity index is 1.59. The Labute approximate surface area is 184 Å². The lowest BCUT2D eigenvalue weighted by atomic mass is 10.2. The van der Waals surface area contributed by atoms with Crippen LogP contribution in [0.5, 0.6) is 5.75 Å². The predicted octanol–water partition coefficient (Wildman–Crippen LogP) is 3.58. The quantitative estimate of drug-likeness (QED) is 0.310. The number of hydrazone groups is 1. The zero-order chi connectivity index (χ0) is 22.3. The third-order valence-corrected chi connectivity index (χ3v) is 4.84. The van der Waals surface area contributed by atoms with E-state index >= 15 is 0 Å². The first-order chi connectivity index (χ1) is 15.6. The molecule has 0 unspecified atom stereocenters. The minimum Gasteiger partial charge on any atom is -0.490 e. The van der Waals surface area contributed by atoms with Crippen molar-refractivity contribution in [2.24, 2.45) is 5.10 Å². The van der Waals surface area contributed by atoms with Crippen LogP contribution in [0, 0.1) is 10.1 Å². The summed E-state index contributed by atoms with van der Waals surface area (Å²) in [5, 5.41) is 18.5. The number of aromatic nitrogens is 3. The van der Waals surface area contributed by atoms with Gasteiger partial charge in [0.25, 0.3) is 0 Å². The summed E-state index contributed by atoms with van der Waals surface area (Å²) >= 11 is 0. The van der Waals surface area contributed by atoms with Crippen molar-refractivity contribution >= 4 is 35.4 Å². The summed E-state index contributed by atoms with van der Waals surface area (Å²) in [7, 11) is 1.38. The van der Waals surface area contributed by atoms with Crippen LogP contribution in [0.4, 0.5) is 29.2 Å². The minimum absolute atomic E-state index is 0.128. The Hall–Kier alpha value is -4.28. The van der Waals surface area contributed by atoms with Crippen molar-refractivity contribution in [2.75, 3.05) is 35.8 Å². The van der Waals surface area contributed by atoms with Crippen LogP contribution >= 0.6 is 0 Å². The molecule has 2 N–H and O–H groups in total. The molecule has 1 fully saturated rings. The number of nitrogens with zero attached hydrogens (tertiary/aromatic N) is 6. The highest BCUT2D eigenvalue weighted by Crippen LogP contribution is 2.29. The Morgan fingerprint density at radius 2 is 1.81 bits per heavy atom. The highest BCUT2D eigenvalue weighted by atomic mass is 16.6. The molecule has 0 spiro atoms. The van der Waals surface area contributed by atoms with E-state index in [1.165, 1.54) is 19.4 Å². The van der Waals surface area contributed by atoms with Gasteiger partial charge in [0.1, 0.15) is 0 Å². The van der Waals surface area contributed by atoms with Gasteiger partial charge in [-0.1, -0.05) is 24.3 Å². The maximum Gasteiger partial charge on any atom is 0.311 e. The fraction of sp³-hybridized carbons (Fsp3) is 0.238. The molecule has 1 aliphatic heterocycles. The van der Waals surface area contributed by atoms with Gasteiger partial charge in [0.05, 0.1) is 18.2 Å². The van der Waals surface area contributed by atoms with E-state index < -0.39 is 4.92 Å². The van der Waals surface area contributed by atoms with Crippen LogP contribution in [0.2, 0.25) is 0 Å². The molecular weight excluding hydrogens is 412 g/mol. The monoisotopic (exact) mass is 434 g/mol. The second-order valence-corrected chi connectivity index (χ2v) is 6.99. The van der Waals surface area contributed by atoms with Crippen molar-refractivity contribution in [3.63, 3.8) is 0 Å². The second-order valence-electron chi connectivity index (χ2n) is 6.99. The summed E-state index contributed by atoms with van der Waals surface area (Å²) in [6.07, 6.45) is 3.59. The number of rotatable bonds is 8. The third-order valence-electron chi connectivity index (χ3n) is 4.84. The first-order valence-corrected chi connectivity index (χ1v) is 10.1. The van der Waals surface area contributed by atoms with E-state index in [1.807, 2.05) is 30.3 Å². The highest BCUT2D eigenvalue weighted by Gasteiger charge is 2.18. The average molecular weight is 434 g/mol. The largest absolute Gasteiger partial charge is 0.490 e. The van der Waals surface area contributed by atoms with Gasteiger partial charge in [-0.25, -0.2) is 5.43 Å². The molecule has 0 aliphatic carbocycles. The SMILES string of the molecule is COc1c(C=NNc2nc(Nc3ccccc3)nc(N3CCCC3)n2)cccc1[N+](=O)[O-].